The fraction of sp³-hybridized carbons (Fsp3) is 0.615. The van der Waals surface area contributed by atoms with Crippen molar-refractivity contribution in [1.29, 1.82) is 0 Å². The number of aromatic amines is 1. The van der Waals surface area contributed by atoms with Crippen LogP contribution in [0.5, 0.6) is 0 Å². The molecule has 2 atom stereocenters. The lowest BCUT2D eigenvalue weighted by Crippen LogP contribution is -2.45. The second kappa shape index (κ2) is 6.40. The smallest absolute Gasteiger partial charge is 0.315 e. The van der Waals surface area contributed by atoms with Gasteiger partial charge in [0.05, 0.1) is 12.5 Å². The number of H-pyrrole nitrogens is 1. The minimum Gasteiger partial charge on any atom is -0.481 e. The lowest BCUT2D eigenvalue weighted by molar-refractivity contribution is -0.137. The number of nitrogens with zero attached hydrogens (tertiary/aromatic N) is 1. The van der Waals surface area contributed by atoms with E-state index in [1.54, 1.807) is 12.4 Å². The minimum absolute atomic E-state index is 0.0321. The number of amides is 2. The summed E-state index contributed by atoms with van der Waals surface area (Å²) >= 11 is 0. The first-order chi connectivity index (χ1) is 9.60. The quantitative estimate of drug-likeness (QED) is 0.605. The Balaban J connectivity index is 1.88. The van der Waals surface area contributed by atoms with E-state index in [0.29, 0.717) is 18.2 Å². The van der Waals surface area contributed by atoms with Gasteiger partial charge in [-0.3, -0.25) is 4.79 Å². The van der Waals surface area contributed by atoms with E-state index in [1.165, 1.54) is 0 Å². The Morgan fingerprint density at radius 1 is 1.50 bits per heavy atom. The number of imidazole rings is 1. The molecule has 4 N–H and O–H groups in total. The van der Waals surface area contributed by atoms with Crippen molar-refractivity contribution in [1.82, 2.24) is 20.6 Å². The molecule has 2 rings (SSSR count). The van der Waals surface area contributed by atoms with Gasteiger partial charge in [-0.15, -0.1) is 0 Å². The molecule has 1 aliphatic carbocycles. The van der Waals surface area contributed by atoms with Crippen molar-refractivity contribution in [2.24, 2.45) is 5.92 Å². The molecule has 2 unspecified atom stereocenters. The van der Waals surface area contributed by atoms with Gasteiger partial charge in [0.25, 0.3) is 0 Å². The number of aliphatic carboxylic acids is 1. The van der Waals surface area contributed by atoms with Gasteiger partial charge in [0.15, 0.2) is 0 Å². The molecule has 1 aromatic rings. The fourth-order valence-corrected chi connectivity index (χ4v) is 2.22. The third kappa shape index (κ3) is 3.97. The molecule has 1 aliphatic rings. The highest BCUT2D eigenvalue weighted by atomic mass is 16.4. The van der Waals surface area contributed by atoms with Crippen molar-refractivity contribution in [2.75, 3.05) is 0 Å². The molecule has 0 saturated heterocycles. The zero-order valence-electron chi connectivity index (χ0n) is 11.4. The Kier molecular flexibility index (Phi) is 4.60. The number of carboxylic acid groups (broad SMARTS) is 1. The predicted octanol–water partition coefficient (Wildman–Crippen LogP) is 1.41. The number of rotatable bonds is 7. The van der Waals surface area contributed by atoms with Crippen LogP contribution in [0.15, 0.2) is 12.4 Å². The van der Waals surface area contributed by atoms with Crippen LogP contribution < -0.4 is 10.6 Å². The van der Waals surface area contributed by atoms with Crippen LogP contribution in [0.2, 0.25) is 0 Å². The molecular weight excluding hydrogens is 260 g/mol. The maximum absolute atomic E-state index is 12.0. The Labute approximate surface area is 117 Å². The normalized spacial score (nSPS) is 17.2. The SMILES string of the molecule is CCC(NC(=O)NC(CC(=O)O)C1CC1)c1ncc[nH]1. The van der Waals surface area contributed by atoms with E-state index in [4.69, 9.17) is 5.11 Å². The van der Waals surface area contributed by atoms with E-state index in [-0.39, 0.29) is 24.5 Å². The Morgan fingerprint density at radius 3 is 2.75 bits per heavy atom. The minimum atomic E-state index is -0.889. The van der Waals surface area contributed by atoms with E-state index in [9.17, 15) is 9.59 Å². The monoisotopic (exact) mass is 280 g/mol. The van der Waals surface area contributed by atoms with Crippen molar-refractivity contribution >= 4 is 12.0 Å². The third-order valence-electron chi connectivity index (χ3n) is 3.47. The first-order valence-electron chi connectivity index (χ1n) is 6.88. The number of hydrogen-bond acceptors (Lipinski definition) is 3. The van der Waals surface area contributed by atoms with Crippen LogP contribution in [0.1, 0.15) is 44.5 Å². The Bertz CT molecular complexity index is 456. The second-order valence-electron chi connectivity index (χ2n) is 5.09. The van der Waals surface area contributed by atoms with Crippen molar-refractivity contribution in [3.05, 3.63) is 18.2 Å². The molecule has 0 aliphatic heterocycles. The van der Waals surface area contributed by atoms with Crippen LogP contribution in [-0.2, 0) is 4.79 Å². The average molecular weight is 280 g/mol. The van der Waals surface area contributed by atoms with Crippen LogP contribution in [0, 0.1) is 5.92 Å². The van der Waals surface area contributed by atoms with Gasteiger partial charge in [-0.1, -0.05) is 6.92 Å². The fourth-order valence-electron chi connectivity index (χ4n) is 2.22. The van der Waals surface area contributed by atoms with Gasteiger partial charge in [-0.05, 0) is 25.2 Å². The van der Waals surface area contributed by atoms with Gasteiger partial charge in [0.2, 0.25) is 0 Å². The highest BCUT2D eigenvalue weighted by molar-refractivity contribution is 5.76. The molecule has 0 spiro atoms. The second-order valence-corrected chi connectivity index (χ2v) is 5.09. The molecule has 1 saturated carbocycles. The summed E-state index contributed by atoms with van der Waals surface area (Å²) in [6.07, 6.45) is 5.97. The lowest BCUT2D eigenvalue weighted by atomic mass is 10.1. The molecule has 1 aromatic heterocycles. The molecule has 0 bridgehead atoms. The summed E-state index contributed by atoms with van der Waals surface area (Å²) in [6.45, 7) is 1.95. The van der Waals surface area contributed by atoms with Crippen molar-refractivity contribution < 1.29 is 14.7 Å². The zero-order chi connectivity index (χ0) is 14.5. The zero-order valence-corrected chi connectivity index (χ0v) is 11.4. The summed E-state index contributed by atoms with van der Waals surface area (Å²) in [5, 5.41) is 14.4. The largest absolute Gasteiger partial charge is 0.481 e. The Hall–Kier alpha value is -2.05. The summed E-state index contributed by atoms with van der Waals surface area (Å²) in [5.41, 5.74) is 0. The number of carbonyl (C=O) groups excluding carboxylic acids is 1. The molecule has 7 heteroatoms. The van der Waals surface area contributed by atoms with E-state index in [2.05, 4.69) is 20.6 Å². The predicted molar refractivity (Wildman–Crippen MR) is 72.1 cm³/mol. The summed E-state index contributed by atoms with van der Waals surface area (Å²) in [6, 6.07) is -0.831. The van der Waals surface area contributed by atoms with Crippen molar-refractivity contribution in [3.8, 4) is 0 Å². The highest BCUT2D eigenvalue weighted by Gasteiger charge is 2.34. The number of urea groups is 1. The van der Waals surface area contributed by atoms with Crippen molar-refractivity contribution in [2.45, 2.75) is 44.7 Å². The summed E-state index contributed by atoms with van der Waals surface area (Å²) in [7, 11) is 0. The van der Waals surface area contributed by atoms with Crippen LogP contribution >= 0.6 is 0 Å². The lowest BCUT2D eigenvalue weighted by Gasteiger charge is -2.20. The first kappa shape index (κ1) is 14.4. The average Bonchev–Trinajstić information content (AvgIpc) is 3.10. The van der Waals surface area contributed by atoms with E-state index < -0.39 is 5.97 Å². The molecule has 1 fully saturated rings. The molecule has 1 heterocycles. The molecule has 20 heavy (non-hydrogen) atoms. The van der Waals surface area contributed by atoms with Gasteiger partial charge in [0.1, 0.15) is 5.82 Å². The maximum atomic E-state index is 12.0. The number of carboxylic acids is 1. The van der Waals surface area contributed by atoms with Crippen LogP contribution in [0.3, 0.4) is 0 Å². The first-order valence-corrected chi connectivity index (χ1v) is 6.88. The molecular formula is C13H20N4O3. The number of nitrogens with one attached hydrogen (secondary N) is 3. The van der Waals surface area contributed by atoms with E-state index in [1.807, 2.05) is 6.92 Å². The molecule has 7 nitrogen and oxygen atoms in total. The highest BCUT2D eigenvalue weighted by Crippen LogP contribution is 2.34. The molecule has 2 amide bonds. The third-order valence-corrected chi connectivity index (χ3v) is 3.47. The molecule has 110 valence electrons. The van der Waals surface area contributed by atoms with Gasteiger partial charge >= 0.3 is 12.0 Å². The number of carbonyl (C=O) groups is 2. The standard InChI is InChI=1S/C13H20N4O3/c1-2-9(12-14-5-6-15-12)16-13(20)17-10(7-11(18)19)8-3-4-8/h5-6,8-10H,2-4,7H2,1H3,(H,14,15)(H,18,19)(H2,16,17,20). The van der Waals surface area contributed by atoms with Gasteiger partial charge in [-0.25, -0.2) is 9.78 Å². The summed E-state index contributed by atoms with van der Waals surface area (Å²) < 4.78 is 0. The number of aromatic nitrogens is 2. The maximum Gasteiger partial charge on any atom is 0.315 e. The van der Waals surface area contributed by atoms with Crippen LogP contribution in [0.25, 0.3) is 0 Å². The molecule has 0 aromatic carbocycles. The van der Waals surface area contributed by atoms with E-state index >= 15 is 0 Å². The van der Waals surface area contributed by atoms with Gasteiger partial charge in [-0.2, -0.15) is 0 Å². The van der Waals surface area contributed by atoms with Crippen LogP contribution in [0.4, 0.5) is 4.79 Å². The molecule has 0 radical (unpaired) electrons. The van der Waals surface area contributed by atoms with Gasteiger partial charge < -0.3 is 20.7 Å². The topological polar surface area (TPSA) is 107 Å². The number of hydrogen-bond donors (Lipinski definition) is 4. The van der Waals surface area contributed by atoms with E-state index in [0.717, 1.165) is 12.8 Å². The van der Waals surface area contributed by atoms with Crippen molar-refractivity contribution in [3.63, 3.8) is 0 Å². The summed E-state index contributed by atoms with van der Waals surface area (Å²) in [5.74, 6) is 0.102. The summed E-state index contributed by atoms with van der Waals surface area (Å²) in [4.78, 5) is 29.9. The Morgan fingerprint density at radius 2 is 2.25 bits per heavy atom. The van der Waals surface area contributed by atoms with Gasteiger partial charge in [0, 0.05) is 18.4 Å². The van der Waals surface area contributed by atoms with Crippen LogP contribution in [-0.4, -0.2) is 33.1 Å².